The number of allylic oxidation sites excluding steroid dienone is 8. The zero-order chi connectivity index (χ0) is 45.1. The van der Waals surface area contributed by atoms with Crippen molar-refractivity contribution < 1.29 is 28.6 Å². The molecule has 6 nitrogen and oxygen atoms in total. The lowest BCUT2D eigenvalue weighted by atomic mass is 10.1. The fourth-order valence-corrected chi connectivity index (χ4v) is 7.57. The number of carbonyl (C=O) groups is 3. The van der Waals surface area contributed by atoms with E-state index in [2.05, 4.69) is 69.4 Å². The summed E-state index contributed by atoms with van der Waals surface area (Å²) in [5, 5.41) is 0. The number of hydrogen-bond acceptors (Lipinski definition) is 6. The Morgan fingerprint density at radius 1 is 0.339 bits per heavy atom. The molecule has 0 heterocycles. The van der Waals surface area contributed by atoms with Gasteiger partial charge in [0.05, 0.1) is 0 Å². The van der Waals surface area contributed by atoms with Gasteiger partial charge in [0.1, 0.15) is 13.2 Å². The van der Waals surface area contributed by atoms with Crippen LogP contribution >= 0.6 is 0 Å². The van der Waals surface area contributed by atoms with Gasteiger partial charge in [-0.15, -0.1) is 0 Å². The molecule has 0 N–H and O–H groups in total. The Balaban J connectivity index is 4.34. The molecule has 0 bridgehead atoms. The fourth-order valence-electron chi connectivity index (χ4n) is 7.57. The molecule has 0 aromatic carbocycles. The first-order valence-electron chi connectivity index (χ1n) is 26.6. The summed E-state index contributed by atoms with van der Waals surface area (Å²) in [6.45, 7) is 6.51. The first-order valence-corrected chi connectivity index (χ1v) is 26.6. The van der Waals surface area contributed by atoms with Crippen LogP contribution in [0.1, 0.15) is 271 Å². The number of hydrogen-bond donors (Lipinski definition) is 0. The van der Waals surface area contributed by atoms with Gasteiger partial charge in [-0.2, -0.15) is 0 Å². The summed E-state index contributed by atoms with van der Waals surface area (Å²) in [5.41, 5.74) is 0. The van der Waals surface area contributed by atoms with Gasteiger partial charge in [-0.3, -0.25) is 14.4 Å². The molecule has 0 spiro atoms. The third-order valence-electron chi connectivity index (χ3n) is 11.6. The van der Waals surface area contributed by atoms with Gasteiger partial charge in [0.25, 0.3) is 0 Å². The van der Waals surface area contributed by atoms with Crippen molar-refractivity contribution >= 4 is 17.9 Å². The van der Waals surface area contributed by atoms with Gasteiger partial charge in [0.2, 0.25) is 0 Å². The molecule has 0 aliphatic heterocycles. The lowest BCUT2D eigenvalue weighted by Crippen LogP contribution is -2.30. The van der Waals surface area contributed by atoms with Gasteiger partial charge < -0.3 is 14.2 Å². The summed E-state index contributed by atoms with van der Waals surface area (Å²) in [5.74, 6) is -0.901. The number of esters is 3. The van der Waals surface area contributed by atoms with Crippen LogP contribution in [0.5, 0.6) is 0 Å². The largest absolute Gasteiger partial charge is 0.462 e. The molecule has 0 amide bonds. The van der Waals surface area contributed by atoms with E-state index >= 15 is 0 Å². The summed E-state index contributed by atoms with van der Waals surface area (Å²) in [4.78, 5) is 38.0. The van der Waals surface area contributed by atoms with Crippen LogP contribution in [0.2, 0.25) is 0 Å². The molecule has 62 heavy (non-hydrogen) atoms. The predicted molar refractivity (Wildman–Crippen MR) is 265 cm³/mol. The predicted octanol–water partition coefficient (Wildman–Crippen LogP) is 17.5. The van der Waals surface area contributed by atoms with Crippen LogP contribution in [0.4, 0.5) is 0 Å². The SMILES string of the molecule is CC/C=C\C/C=C\C/C=C\CCCCCCC(=O)OC(COC(=O)CCCCCCCCC/C=C\CCCCCCCCCC)COC(=O)CCCCCCCCCCCCC. The van der Waals surface area contributed by atoms with Crippen molar-refractivity contribution in [2.45, 2.75) is 277 Å². The second-order valence-corrected chi connectivity index (χ2v) is 17.8. The maximum atomic E-state index is 12.8. The Morgan fingerprint density at radius 2 is 0.629 bits per heavy atom. The molecule has 1 atom stereocenters. The van der Waals surface area contributed by atoms with E-state index in [9.17, 15) is 14.4 Å². The lowest BCUT2D eigenvalue weighted by Gasteiger charge is -2.18. The molecule has 0 aliphatic carbocycles. The van der Waals surface area contributed by atoms with E-state index in [1.807, 2.05) is 0 Å². The van der Waals surface area contributed by atoms with E-state index in [1.54, 1.807) is 0 Å². The normalized spacial score (nSPS) is 12.4. The molecular weight excluding hydrogens is 769 g/mol. The third kappa shape index (κ3) is 48.4. The van der Waals surface area contributed by atoms with Gasteiger partial charge >= 0.3 is 17.9 Å². The summed E-state index contributed by atoms with van der Waals surface area (Å²) in [7, 11) is 0. The Labute approximate surface area is 384 Å². The number of unbranched alkanes of at least 4 members (excludes halogenated alkanes) is 29. The summed E-state index contributed by atoms with van der Waals surface area (Å²) < 4.78 is 16.8. The minimum atomic E-state index is -0.783. The van der Waals surface area contributed by atoms with Crippen molar-refractivity contribution in [1.82, 2.24) is 0 Å². The van der Waals surface area contributed by atoms with Gasteiger partial charge in [-0.25, -0.2) is 0 Å². The molecule has 0 saturated carbocycles. The van der Waals surface area contributed by atoms with Crippen LogP contribution in [0.3, 0.4) is 0 Å². The highest BCUT2D eigenvalue weighted by Crippen LogP contribution is 2.15. The van der Waals surface area contributed by atoms with Crippen LogP contribution in [-0.4, -0.2) is 37.2 Å². The Kier molecular flexibility index (Phi) is 48.8. The topological polar surface area (TPSA) is 78.9 Å². The van der Waals surface area contributed by atoms with Crippen molar-refractivity contribution in [2.75, 3.05) is 13.2 Å². The Bertz CT molecular complexity index is 1090. The molecule has 0 aromatic rings. The van der Waals surface area contributed by atoms with Crippen molar-refractivity contribution in [2.24, 2.45) is 0 Å². The van der Waals surface area contributed by atoms with Crippen molar-refractivity contribution in [3.63, 3.8) is 0 Å². The zero-order valence-electron chi connectivity index (χ0n) is 41.1. The van der Waals surface area contributed by atoms with E-state index < -0.39 is 6.10 Å². The molecule has 0 aromatic heterocycles. The number of ether oxygens (including phenoxy) is 3. The van der Waals surface area contributed by atoms with Crippen molar-refractivity contribution in [3.8, 4) is 0 Å². The zero-order valence-corrected chi connectivity index (χ0v) is 41.1. The summed E-state index contributed by atoms with van der Waals surface area (Å²) in [6, 6.07) is 0. The van der Waals surface area contributed by atoms with Gasteiger partial charge in [0.15, 0.2) is 6.10 Å². The average Bonchev–Trinajstić information content (AvgIpc) is 3.27. The van der Waals surface area contributed by atoms with E-state index in [-0.39, 0.29) is 31.1 Å². The molecular formula is C56H100O6. The van der Waals surface area contributed by atoms with Crippen molar-refractivity contribution in [1.29, 1.82) is 0 Å². The van der Waals surface area contributed by atoms with Gasteiger partial charge in [-0.1, -0.05) is 223 Å². The third-order valence-corrected chi connectivity index (χ3v) is 11.6. The van der Waals surface area contributed by atoms with E-state index in [4.69, 9.17) is 14.2 Å². The van der Waals surface area contributed by atoms with Crippen LogP contribution in [0.25, 0.3) is 0 Å². The van der Waals surface area contributed by atoms with Crippen LogP contribution in [0, 0.1) is 0 Å². The van der Waals surface area contributed by atoms with E-state index in [0.717, 1.165) is 89.9 Å². The fraction of sp³-hybridized carbons (Fsp3) is 0.804. The molecule has 0 radical (unpaired) electrons. The maximum absolute atomic E-state index is 12.8. The lowest BCUT2D eigenvalue weighted by molar-refractivity contribution is -0.167. The van der Waals surface area contributed by atoms with Gasteiger partial charge in [0, 0.05) is 19.3 Å². The standard InChI is InChI=1S/C56H100O6/c1-4-7-10-13-16-19-22-24-26-27-28-29-30-32-34-37-40-43-46-49-55(58)61-52-53(51-60-54(57)48-45-42-39-36-33-21-18-15-12-9-6-3)62-56(59)50-47-44-41-38-35-31-25-23-20-17-14-11-8-5-2/h8,11,17,20,25,27-28,31,53H,4-7,9-10,12-16,18-19,21-24,26,29-30,32-52H2,1-3H3/b11-8-,20-17-,28-27-,31-25-. The maximum Gasteiger partial charge on any atom is 0.306 e. The minimum absolute atomic E-state index is 0.0815. The van der Waals surface area contributed by atoms with Crippen LogP contribution in [0.15, 0.2) is 48.6 Å². The molecule has 6 heteroatoms. The van der Waals surface area contributed by atoms with Crippen LogP contribution in [-0.2, 0) is 28.6 Å². The quantitative estimate of drug-likeness (QED) is 0.0262. The monoisotopic (exact) mass is 869 g/mol. The molecule has 0 saturated heterocycles. The highest BCUT2D eigenvalue weighted by Gasteiger charge is 2.19. The Hall–Kier alpha value is -2.63. The molecule has 360 valence electrons. The number of rotatable bonds is 48. The van der Waals surface area contributed by atoms with E-state index in [1.165, 1.54) is 141 Å². The second kappa shape index (κ2) is 51.0. The molecule has 0 fully saturated rings. The van der Waals surface area contributed by atoms with Gasteiger partial charge in [-0.05, 0) is 77.0 Å². The van der Waals surface area contributed by atoms with Crippen LogP contribution < -0.4 is 0 Å². The number of carbonyl (C=O) groups excluding carboxylic acids is 3. The molecule has 0 aliphatic rings. The molecule has 1 unspecified atom stereocenters. The Morgan fingerprint density at radius 3 is 1.00 bits per heavy atom. The molecule has 0 rings (SSSR count). The first-order chi connectivity index (χ1) is 30.5. The van der Waals surface area contributed by atoms with Crippen molar-refractivity contribution in [3.05, 3.63) is 48.6 Å². The van der Waals surface area contributed by atoms with E-state index in [0.29, 0.717) is 19.3 Å². The minimum Gasteiger partial charge on any atom is -0.462 e. The highest BCUT2D eigenvalue weighted by molar-refractivity contribution is 5.71. The average molecular weight is 869 g/mol. The highest BCUT2D eigenvalue weighted by atomic mass is 16.6. The summed E-state index contributed by atoms with van der Waals surface area (Å²) in [6.07, 6.45) is 61.0. The summed E-state index contributed by atoms with van der Waals surface area (Å²) >= 11 is 0. The first kappa shape index (κ1) is 59.4. The second-order valence-electron chi connectivity index (χ2n) is 17.8. The smallest absolute Gasteiger partial charge is 0.306 e.